The fraction of sp³-hybridized carbons (Fsp3) is 0.907. The number of carbonyl (C=O) groups excluding carboxylic acids is 4. The predicted octanol–water partition coefficient (Wildman–Crippen LogP) is 1.71. The summed E-state index contributed by atoms with van der Waals surface area (Å²) in [4.78, 5) is 59.2. The molecule has 0 amide bonds. The molecule has 0 bridgehead atoms. The first-order valence-corrected chi connectivity index (χ1v) is 22.1. The van der Waals surface area contributed by atoms with Crippen molar-refractivity contribution in [2.75, 3.05) is 78.5 Å². The lowest BCUT2D eigenvalue weighted by atomic mass is 10.0. The van der Waals surface area contributed by atoms with Crippen LogP contribution in [-0.2, 0) is 38.1 Å². The van der Waals surface area contributed by atoms with Crippen LogP contribution >= 0.6 is 0 Å². The molecule has 2 aliphatic rings. The zero-order chi connectivity index (χ0) is 45.1. The van der Waals surface area contributed by atoms with Gasteiger partial charge in [0.1, 0.15) is 22.8 Å². The van der Waals surface area contributed by atoms with Crippen LogP contribution in [0.2, 0.25) is 0 Å². The van der Waals surface area contributed by atoms with Crippen LogP contribution in [0.1, 0.15) is 127 Å². The lowest BCUT2D eigenvalue weighted by molar-refractivity contribution is -0.216. The smallest absolute Gasteiger partial charge is 0.323 e. The number of ether oxygens (including phenoxy) is 4. The van der Waals surface area contributed by atoms with Gasteiger partial charge in [0.15, 0.2) is 0 Å². The average Bonchev–Trinajstić information content (AvgIpc) is 3.18. The van der Waals surface area contributed by atoms with E-state index in [2.05, 4.69) is 10.6 Å². The third-order valence-electron chi connectivity index (χ3n) is 10.1. The van der Waals surface area contributed by atoms with E-state index < -0.39 is 70.8 Å². The molecule has 0 spiro atoms. The molecule has 2 rings (SSSR count). The van der Waals surface area contributed by atoms with Gasteiger partial charge in [0.2, 0.25) is 5.79 Å². The van der Waals surface area contributed by atoms with Crippen molar-refractivity contribution >= 4 is 23.9 Å². The van der Waals surface area contributed by atoms with Crippen LogP contribution in [-0.4, -0.2) is 184 Å². The lowest BCUT2D eigenvalue weighted by Gasteiger charge is -2.34. The molecule has 17 nitrogen and oxygen atoms in total. The second kappa shape index (κ2) is 25.6. The van der Waals surface area contributed by atoms with Crippen LogP contribution in [0.3, 0.4) is 0 Å². The average molecular weight is 860 g/mol. The van der Waals surface area contributed by atoms with Gasteiger partial charge in [-0.3, -0.25) is 33.9 Å². The highest BCUT2D eigenvalue weighted by molar-refractivity contribution is 5.78. The summed E-state index contributed by atoms with van der Waals surface area (Å²) in [7, 11) is 0. The summed E-state index contributed by atoms with van der Waals surface area (Å²) in [5.74, 6) is -3.97. The normalized spacial score (nSPS) is 25.9. The van der Waals surface area contributed by atoms with Crippen LogP contribution in [0.25, 0.3) is 0 Å². The second-order valence-electron chi connectivity index (χ2n) is 19.5. The minimum atomic E-state index is -1.91. The summed E-state index contributed by atoms with van der Waals surface area (Å²) in [6, 6.07) is -0.912. The number of carbonyl (C=O) groups is 4. The Morgan fingerprint density at radius 3 is 1.45 bits per heavy atom. The molecule has 0 aromatic heterocycles. The van der Waals surface area contributed by atoms with Gasteiger partial charge in [-0.15, -0.1) is 0 Å². The lowest BCUT2D eigenvalue weighted by Crippen LogP contribution is -2.49. The van der Waals surface area contributed by atoms with Gasteiger partial charge in [-0.05, 0) is 127 Å². The van der Waals surface area contributed by atoms with E-state index in [1.54, 1.807) is 62.3 Å². The van der Waals surface area contributed by atoms with Crippen molar-refractivity contribution < 1.29 is 58.6 Å². The largest absolute Gasteiger partial charge is 0.459 e. The number of nitrogens with one attached hydrogen (secondary N) is 2. The van der Waals surface area contributed by atoms with Gasteiger partial charge in [0.25, 0.3) is 0 Å². The Hall–Kier alpha value is -2.48. The van der Waals surface area contributed by atoms with E-state index >= 15 is 0 Å². The topological polar surface area (TPSA) is 220 Å². The molecular formula is C43H81N5O12. The van der Waals surface area contributed by atoms with E-state index in [-0.39, 0.29) is 51.7 Å². The minimum absolute atomic E-state index is 0.00108. The number of rotatable bonds is 10. The van der Waals surface area contributed by atoms with Gasteiger partial charge < -0.3 is 50.0 Å². The third kappa shape index (κ3) is 24.8. The molecule has 0 aromatic rings. The van der Waals surface area contributed by atoms with Gasteiger partial charge >= 0.3 is 23.9 Å². The van der Waals surface area contributed by atoms with E-state index in [1.165, 1.54) is 0 Å². The van der Waals surface area contributed by atoms with Gasteiger partial charge in [-0.1, -0.05) is 0 Å². The van der Waals surface area contributed by atoms with E-state index in [9.17, 15) is 39.6 Å². The van der Waals surface area contributed by atoms with Crippen LogP contribution in [0.5, 0.6) is 0 Å². The highest BCUT2D eigenvalue weighted by atomic mass is 16.7. The number of aliphatic hydroxyl groups is 4. The Bertz CT molecular complexity index is 1260. The number of hydrogen-bond acceptors (Lipinski definition) is 17. The maximum Gasteiger partial charge on any atom is 0.323 e. The molecule has 6 N–H and O–H groups in total. The second-order valence-corrected chi connectivity index (χ2v) is 19.5. The Labute approximate surface area is 359 Å². The number of aliphatic hydroxyl groups excluding tert-OH is 3. The Balaban J connectivity index is 2.28. The van der Waals surface area contributed by atoms with Crippen molar-refractivity contribution in [1.82, 2.24) is 25.3 Å². The van der Waals surface area contributed by atoms with Gasteiger partial charge in [-0.25, -0.2) is 0 Å². The number of nitrogens with zero attached hydrogens (tertiary/aromatic N) is 3. The van der Waals surface area contributed by atoms with Crippen molar-refractivity contribution in [1.29, 1.82) is 0 Å². The molecule has 350 valence electrons. The predicted molar refractivity (Wildman–Crippen MR) is 227 cm³/mol. The quantitative estimate of drug-likeness (QED) is 0.105. The molecule has 2 aliphatic heterocycles. The molecular weight excluding hydrogens is 778 g/mol. The van der Waals surface area contributed by atoms with Gasteiger partial charge in [0, 0.05) is 65.1 Å². The monoisotopic (exact) mass is 860 g/mol. The molecule has 0 aromatic carbocycles. The van der Waals surface area contributed by atoms with Crippen LogP contribution in [0, 0.1) is 0 Å². The van der Waals surface area contributed by atoms with Crippen molar-refractivity contribution in [2.45, 2.75) is 173 Å². The summed E-state index contributed by atoms with van der Waals surface area (Å²) in [5, 5.41) is 49.4. The van der Waals surface area contributed by atoms with Crippen molar-refractivity contribution in [3.8, 4) is 0 Å². The fourth-order valence-corrected chi connectivity index (χ4v) is 7.01. The molecule has 5 atom stereocenters. The number of esters is 4. The van der Waals surface area contributed by atoms with E-state index in [1.807, 2.05) is 14.7 Å². The molecule has 2 heterocycles. The van der Waals surface area contributed by atoms with Crippen LogP contribution in [0.15, 0.2) is 0 Å². The first kappa shape index (κ1) is 53.7. The first-order valence-electron chi connectivity index (χ1n) is 22.1. The highest BCUT2D eigenvalue weighted by Gasteiger charge is 2.36. The molecule has 2 saturated heterocycles. The Morgan fingerprint density at radius 1 is 0.583 bits per heavy atom. The summed E-state index contributed by atoms with van der Waals surface area (Å²) >= 11 is 0. The number of hydrogen-bond donors (Lipinski definition) is 6. The van der Waals surface area contributed by atoms with Crippen molar-refractivity contribution in [2.24, 2.45) is 0 Å². The molecule has 0 saturated carbocycles. The zero-order valence-electron chi connectivity index (χ0n) is 38.3. The summed E-state index contributed by atoms with van der Waals surface area (Å²) < 4.78 is 22.9. The molecule has 0 aliphatic carbocycles. The van der Waals surface area contributed by atoms with E-state index in [4.69, 9.17) is 18.9 Å². The Morgan fingerprint density at radius 2 is 1.00 bits per heavy atom. The maximum absolute atomic E-state index is 14.0. The van der Waals surface area contributed by atoms with E-state index in [0.717, 1.165) is 0 Å². The molecule has 0 radical (unpaired) electrons. The van der Waals surface area contributed by atoms with Crippen molar-refractivity contribution in [3.05, 3.63) is 0 Å². The Kier molecular flexibility index (Phi) is 22.9. The zero-order valence-corrected chi connectivity index (χ0v) is 38.3. The van der Waals surface area contributed by atoms with E-state index in [0.29, 0.717) is 91.0 Å². The molecule has 5 unspecified atom stereocenters. The standard InChI is InChI=1S/C43H81N5O12/c1-40(2,3)57-37(53)30-46-24-25-47(31-38(54)58-41(4,5)6)27-29-48(28-26-46)35(39(55)60-42(7,8)9)12-13-36(52)59-43(56)18-14-34(51)17-21-44-20-15-32(49)10-11-33(50)16-22-45-23-19-43/h32-35,44-45,49-51,56H,10-31H2,1-9H3. The summed E-state index contributed by atoms with van der Waals surface area (Å²) in [6.07, 6.45) is 0.369. The fourth-order valence-electron chi connectivity index (χ4n) is 7.01. The summed E-state index contributed by atoms with van der Waals surface area (Å²) in [5.41, 5.74) is -2.19. The molecule has 2 fully saturated rings. The minimum Gasteiger partial charge on any atom is -0.459 e. The van der Waals surface area contributed by atoms with Crippen molar-refractivity contribution in [3.63, 3.8) is 0 Å². The van der Waals surface area contributed by atoms with Crippen LogP contribution in [0.4, 0.5) is 0 Å². The van der Waals surface area contributed by atoms with Gasteiger partial charge in [-0.2, -0.15) is 0 Å². The first-order chi connectivity index (χ1) is 27.8. The molecule has 17 heteroatoms. The molecule has 60 heavy (non-hydrogen) atoms. The van der Waals surface area contributed by atoms with Crippen LogP contribution < -0.4 is 10.6 Å². The summed E-state index contributed by atoms with van der Waals surface area (Å²) in [6.45, 7) is 20.2. The third-order valence-corrected chi connectivity index (χ3v) is 10.1. The SMILES string of the molecule is CC(C)(C)OC(=O)CN1CCN(CC(=O)OC(C)(C)C)CCN(C(CCC(=O)OC2(O)CCNCCC(O)CCC(O)CCNCCC(O)CC2)C(=O)OC(C)(C)C)CC1. The highest BCUT2D eigenvalue weighted by Crippen LogP contribution is 2.24. The maximum atomic E-state index is 14.0. The van der Waals surface area contributed by atoms with Gasteiger partial charge in [0.05, 0.1) is 31.4 Å².